The molecule has 1 heterocycles. The van der Waals surface area contributed by atoms with Crippen molar-refractivity contribution in [2.24, 2.45) is 4.99 Å². The largest absolute Gasteiger partial charge is 0.457 e. The Hall–Kier alpha value is -4.65. The van der Waals surface area contributed by atoms with Gasteiger partial charge in [-0.05, 0) is 48.4 Å². The molecular weight excluding hydrogens is 522 g/mol. The molecular formula is C31H29N5O3S. The van der Waals surface area contributed by atoms with Crippen LogP contribution in [-0.4, -0.2) is 43.2 Å². The zero-order valence-corrected chi connectivity index (χ0v) is 22.8. The van der Waals surface area contributed by atoms with Gasteiger partial charge in [-0.25, -0.2) is 13.4 Å². The highest BCUT2D eigenvalue weighted by Crippen LogP contribution is 2.33. The maximum absolute atomic E-state index is 14.1. The van der Waals surface area contributed by atoms with Crippen LogP contribution in [0.4, 0.5) is 5.69 Å². The van der Waals surface area contributed by atoms with E-state index in [1.165, 1.54) is 4.31 Å². The van der Waals surface area contributed by atoms with Gasteiger partial charge in [0.05, 0.1) is 16.6 Å². The summed E-state index contributed by atoms with van der Waals surface area (Å²) in [6, 6.07) is 32.5. The molecule has 1 N–H and O–H groups in total. The zero-order valence-electron chi connectivity index (χ0n) is 22.0. The number of para-hydroxylation sites is 2. The molecule has 0 spiro atoms. The molecule has 1 aliphatic rings. The molecule has 0 aromatic heterocycles. The lowest BCUT2D eigenvalue weighted by atomic mass is 10.0. The van der Waals surface area contributed by atoms with Crippen molar-refractivity contribution in [3.63, 3.8) is 0 Å². The van der Waals surface area contributed by atoms with Gasteiger partial charge in [0.15, 0.2) is 6.19 Å². The molecule has 8 nitrogen and oxygen atoms in total. The summed E-state index contributed by atoms with van der Waals surface area (Å²) in [4.78, 5) is 6.80. The summed E-state index contributed by atoms with van der Waals surface area (Å²) in [5.74, 6) is 1.44. The van der Waals surface area contributed by atoms with Gasteiger partial charge in [0.25, 0.3) is 0 Å². The van der Waals surface area contributed by atoms with Crippen LogP contribution in [0.5, 0.6) is 11.5 Å². The van der Waals surface area contributed by atoms with Gasteiger partial charge in [-0.3, -0.25) is 5.32 Å². The van der Waals surface area contributed by atoms with Crippen LogP contribution in [0.3, 0.4) is 0 Å². The fraction of sp³-hybridized carbons (Fsp3) is 0.161. The Morgan fingerprint density at radius 3 is 2.30 bits per heavy atom. The molecule has 9 heteroatoms. The minimum absolute atomic E-state index is 0.152. The van der Waals surface area contributed by atoms with E-state index in [1.54, 1.807) is 24.3 Å². The molecule has 0 amide bonds. The fourth-order valence-electron chi connectivity index (χ4n) is 4.68. The number of piperazine rings is 1. The molecule has 4 aromatic rings. The van der Waals surface area contributed by atoms with Crippen LogP contribution in [0.25, 0.3) is 0 Å². The normalized spacial score (nSPS) is 16.2. The monoisotopic (exact) mass is 551 g/mol. The Kier molecular flexibility index (Phi) is 8.10. The number of sulfonamides is 1. The lowest BCUT2D eigenvalue weighted by Crippen LogP contribution is -2.54. The maximum Gasteiger partial charge on any atom is 0.243 e. The second-order valence-electron chi connectivity index (χ2n) is 9.34. The number of benzene rings is 4. The molecule has 4 aromatic carbocycles. The third-order valence-corrected chi connectivity index (χ3v) is 8.62. The van der Waals surface area contributed by atoms with Crippen LogP contribution in [0.1, 0.15) is 17.2 Å². The van der Waals surface area contributed by atoms with Gasteiger partial charge in [-0.2, -0.15) is 9.57 Å². The molecule has 1 aliphatic heterocycles. The van der Waals surface area contributed by atoms with E-state index in [9.17, 15) is 13.7 Å². The highest BCUT2D eigenvalue weighted by Gasteiger charge is 2.38. The summed E-state index contributed by atoms with van der Waals surface area (Å²) in [7, 11) is -3.90. The lowest BCUT2D eigenvalue weighted by molar-refractivity contribution is 0.192. The number of rotatable bonds is 6. The first-order valence-electron chi connectivity index (χ1n) is 12.9. The molecule has 0 bridgehead atoms. The second-order valence-corrected chi connectivity index (χ2v) is 11.2. The van der Waals surface area contributed by atoms with E-state index in [4.69, 9.17) is 9.73 Å². The number of aryl methyl sites for hydroxylation is 1. The van der Waals surface area contributed by atoms with Crippen LogP contribution < -0.4 is 10.1 Å². The van der Waals surface area contributed by atoms with Gasteiger partial charge in [-0.15, -0.1) is 0 Å². The average molecular weight is 552 g/mol. The van der Waals surface area contributed by atoms with Crippen molar-refractivity contribution in [2.75, 3.05) is 19.6 Å². The summed E-state index contributed by atoms with van der Waals surface area (Å²) in [6.45, 7) is 2.81. The van der Waals surface area contributed by atoms with Crippen molar-refractivity contribution in [1.29, 1.82) is 5.26 Å². The molecule has 1 fully saturated rings. The van der Waals surface area contributed by atoms with Gasteiger partial charge >= 0.3 is 0 Å². The Morgan fingerprint density at radius 2 is 1.57 bits per heavy atom. The van der Waals surface area contributed by atoms with E-state index >= 15 is 0 Å². The van der Waals surface area contributed by atoms with Crippen molar-refractivity contribution >= 4 is 21.7 Å². The summed E-state index contributed by atoms with van der Waals surface area (Å²) >= 11 is 0. The quantitative estimate of drug-likeness (QED) is 0.145. The minimum atomic E-state index is -3.90. The smallest absolute Gasteiger partial charge is 0.243 e. The number of aliphatic imine (C=N–C) groups is 1. The van der Waals surface area contributed by atoms with Gasteiger partial charge in [0.1, 0.15) is 11.5 Å². The molecule has 40 heavy (non-hydrogen) atoms. The van der Waals surface area contributed by atoms with Crippen LogP contribution in [-0.2, 0) is 10.0 Å². The van der Waals surface area contributed by atoms with Gasteiger partial charge < -0.3 is 9.64 Å². The number of nitrogens with zero attached hydrogens (tertiary/aromatic N) is 4. The predicted molar refractivity (Wildman–Crippen MR) is 155 cm³/mol. The maximum atomic E-state index is 14.1. The van der Waals surface area contributed by atoms with Crippen molar-refractivity contribution < 1.29 is 13.2 Å². The average Bonchev–Trinajstić information content (AvgIpc) is 2.99. The van der Waals surface area contributed by atoms with Crippen molar-refractivity contribution in [2.45, 2.75) is 17.9 Å². The van der Waals surface area contributed by atoms with E-state index in [0.29, 0.717) is 30.5 Å². The van der Waals surface area contributed by atoms with Gasteiger partial charge in [-0.1, -0.05) is 72.8 Å². The van der Waals surface area contributed by atoms with Crippen molar-refractivity contribution in [1.82, 2.24) is 14.5 Å². The lowest BCUT2D eigenvalue weighted by Gasteiger charge is -2.41. The first-order valence-corrected chi connectivity index (χ1v) is 14.3. The molecule has 0 radical (unpaired) electrons. The first kappa shape index (κ1) is 26.9. The van der Waals surface area contributed by atoms with Gasteiger partial charge in [0, 0.05) is 25.7 Å². The molecule has 0 aliphatic carbocycles. The van der Waals surface area contributed by atoms with E-state index in [-0.39, 0.29) is 11.4 Å². The van der Waals surface area contributed by atoms with E-state index in [1.807, 2.05) is 103 Å². The molecule has 1 unspecified atom stereocenters. The van der Waals surface area contributed by atoms with E-state index < -0.39 is 16.1 Å². The van der Waals surface area contributed by atoms with E-state index in [0.717, 1.165) is 16.8 Å². The number of ether oxygens (including phenoxy) is 1. The fourth-order valence-corrected chi connectivity index (χ4v) is 6.31. The number of guanidine groups is 1. The number of hydrogen-bond acceptors (Lipinski definition) is 5. The van der Waals surface area contributed by atoms with Crippen molar-refractivity contribution in [3.05, 3.63) is 120 Å². The Labute approximate surface area is 234 Å². The highest BCUT2D eigenvalue weighted by atomic mass is 32.2. The van der Waals surface area contributed by atoms with Crippen LogP contribution in [0.2, 0.25) is 0 Å². The molecule has 0 saturated carbocycles. The summed E-state index contributed by atoms with van der Waals surface area (Å²) < 4.78 is 35.6. The second kappa shape index (κ2) is 12.0. The molecule has 5 rings (SSSR count). The molecule has 1 atom stereocenters. The molecule has 1 saturated heterocycles. The topological polar surface area (TPSA) is 98.0 Å². The third kappa shape index (κ3) is 5.99. The minimum Gasteiger partial charge on any atom is -0.457 e. The third-order valence-electron chi connectivity index (χ3n) is 6.72. The van der Waals surface area contributed by atoms with E-state index in [2.05, 4.69) is 5.32 Å². The van der Waals surface area contributed by atoms with Crippen LogP contribution >= 0.6 is 0 Å². The predicted octanol–water partition coefficient (Wildman–Crippen LogP) is 5.59. The Morgan fingerprint density at radius 1 is 0.900 bits per heavy atom. The van der Waals surface area contributed by atoms with Crippen molar-refractivity contribution in [3.8, 4) is 17.7 Å². The summed E-state index contributed by atoms with van der Waals surface area (Å²) in [6.07, 6.45) is 1.98. The number of nitriles is 1. The Balaban J connectivity index is 1.47. The van der Waals surface area contributed by atoms with Crippen LogP contribution in [0, 0.1) is 18.4 Å². The van der Waals surface area contributed by atoms with Gasteiger partial charge in [0.2, 0.25) is 16.0 Å². The highest BCUT2D eigenvalue weighted by molar-refractivity contribution is 7.89. The Bertz CT molecular complexity index is 1640. The van der Waals surface area contributed by atoms with Crippen LogP contribution in [0.15, 0.2) is 119 Å². The molecule has 202 valence electrons. The summed E-state index contributed by atoms with van der Waals surface area (Å²) in [5, 5.41) is 12.2. The first-order chi connectivity index (χ1) is 19.5. The standard InChI is InChI=1S/C31H29N5O3S/c1-24-11-8-9-18-29(24)34-31(33-23-32)35-19-20-36(30(22-35)25-12-4-2-5-13-25)40(37,38)28-17-10-16-27(21-28)39-26-14-6-3-7-15-26/h2-18,21,30H,19-20,22H2,1H3,(H,33,34). The summed E-state index contributed by atoms with van der Waals surface area (Å²) in [5.41, 5.74) is 2.56. The zero-order chi connectivity index (χ0) is 28.0. The number of hydrogen-bond donors (Lipinski definition) is 1. The SMILES string of the molecule is Cc1ccccc1N=C(NC#N)N1CCN(S(=O)(=O)c2cccc(Oc3ccccc3)c2)C(c2ccccc2)C1. The number of nitrogens with one attached hydrogen (secondary N) is 1.